The van der Waals surface area contributed by atoms with Crippen LogP contribution in [0.4, 0.5) is 0 Å². The second kappa shape index (κ2) is 11.3. The highest BCUT2D eigenvalue weighted by Gasteiger charge is 2.27. The molecule has 3 N–H and O–H groups in total. The van der Waals surface area contributed by atoms with Gasteiger partial charge in [-0.2, -0.15) is 4.72 Å². The minimum Gasteiger partial charge on any atom is -0.481 e. The van der Waals surface area contributed by atoms with Crippen molar-refractivity contribution in [1.82, 2.24) is 9.29 Å². The molecule has 10 heteroatoms. The fraction of sp³-hybridized carbons (Fsp3) is 0.308. The molecule has 0 aliphatic carbocycles. The number of nitrogens with one attached hydrogen (secondary N) is 1. The summed E-state index contributed by atoms with van der Waals surface area (Å²) in [6, 6.07) is 8.76. The van der Waals surface area contributed by atoms with Gasteiger partial charge >= 0.3 is 11.9 Å². The summed E-state index contributed by atoms with van der Waals surface area (Å²) in [4.78, 5) is 23.4. The van der Waals surface area contributed by atoms with Crippen molar-refractivity contribution < 1.29 is 33.0 Å². The molecule has 0 saturated heterocycles. The van der Waals surface area contributed by atoms with Gasteiger partial charge in [-0.05, 0) is 60.9 Å². The van der Waals surface area contributed by atoms with E-state index in [-0.39, 0.29) is 29.4 Å². The van der Waals surface area contributed by atoms with Crippen LogP contribution in [0, 0.1) is 17.8 Å². The Morgan fingerprint density at radius 2 is 1.81 bits per heavy atom. The van der Waals surface area contributed by atoms with Gasteiger partial charge in [0.2, 0.25) is 10.0 Å². The number of rotatable bonds is 11. The molecule has 0 radical (unpaired) electrons. The zero-order valence-corrected chi connectivity index (χ0v) is 21.0. The minimum absolute atomic E-state index is 0.0609. The third kappa shape index (κ3) is 6.44. The van der Waals surface area contributed by atoms with Crippen LogP contribution in [0.1, 0.15) is 36.7 Å². The highest BCUT2D eigenvalue weighted by molar-refractivity contribution is 7.89. The lowest BCUT2D eigenvalue weighted by atomic mass is 10.0. The molecule has 0 aliphatic heterocycles. The maximum Gasteiger partial charge on any atom is 0.335 e. The van der Waals surface area contributed by atoms with E-state index in [4.69, 9.17) is 4.74 Å². The van der Waals surface area contributed by atoms with E-state index in [2.05, 4.69) is 16.6 Å². The normalized spacial score (nSPS) is 12.2. The van der Waals surface area contributed by atoms with E-state index < -0.39 is 28.0 Å². The van der Waals surface area contributed by atoms with E-state index in [1.165, 1.54) is 36.4 Å². The standard InChI is InChI=1S/C26H28N2O7S/c1-4-5-12-35-20-7-9-21(10-8-20)36(33,34)27-23(26(31)32)14-19-16-28(15-17(2)3)24-11-6-18(25(29)30)13-22(19)24/h6-11,13,16-17,23,27H,12,14-15H2,1-3H3,(H,29,30)(H,31,32)/t23-/m0/s1. The molecule has 9 nitrogen and oxygen atoms in total. The molecular weight excluding hydrogens is 484 g/mol. The van der Waals surface area contributed by atoms with Gasteiger partial charge in [0.25, 0.3) is 0 Å². The molecule has 1 aromatic heterocycles. The maximum absolute atomic E-state index is 12.9. The van der Waals surface area contributed by atoms with Crippen LogP contribution in [0.5, 0.6) is 5.75 Å². The van der Waals surface area contributed by atoms with Crippen LogP contribution in [-0.2, 0) is 27.8 Å². The predicted molar refractivity (Wildman–Crippen MR) is 135 cm³/mol. The molecule has 0 amide bonds. The van der Waals surface area contributed by atoms with Gasteiger partial charge in [-0.25, -0.2) is 13.2 Å². The number of aliphatic carboxylic acids is 1. The summed E-state index contributed by atoms with van der Waals surface area (Å²) in [6.45, 7) is 6.52. The van der Waals surface area contributed by atoms with Gasteiger partial charge in [-0.15, -0.1) is 5.92 Å². The highest BCUT2D eigenvalue weighted by Crippen LogP contribution is 2.26. The van der Waals surface area contributed by atoms with Crippen molar-refractivity contribution in [3.05, 3.63) is 59.8 Å². The summed E-state index contributed by atoms with van der Waals surface area (Å²) in [7, 11) is -4.17. The first-order chi connectivity index (χ1) is 17.0. The van der Waals surface area contributed by atoms with E-state index in [1.807, 2.05) is 18.4 Å². The van der Waals surface area contributed by atoms with Crippen molar-refractivity contribution in [2.24, 2.45) is 5.92 Å². The number of fused-ring (bicyclic) bond motifs is 1. The van der Waals surface area contributed by atoms with E-state index in [0.29, 0.717) is 23.2 Å². The zero-order valence-electron chi connectivity index (χ0n) is 20.2. The van der Waals surface area contributed by atoms with Crippen LogP contribution < -0.4 is 9.46 Å². The SMILES string of the molecule is CC#CCOc1ccc(S(=O)(=O)N[C@@H](Cc2cn(CC(C)C)c3ccc(C(=O)O)cc23)C(=O)O)cc1. The third-order valence-corrected chi connectivity index (χ3v) is 6.90. The predicted octanol–water partition coefficient (Wildman–Crippen LogP) is 3.37. The van der Waals surface area contributed by atoms with E-state index >= 15 is 0 Å². The average molecular weight is 513 g/mol. The van der Waals surface area contributed by atoms with E-state index in [1.54, 1.807) is 19.2 Å². The highest BCUT2D eigenvalue weighted by atomic mass is 32.2. The maximum atomic E-state index is 12.9. The number of aromatic nitrogens is 1. The molecule has 0 bridgehead atoms. The van der Waals surface area contributed by atoms with Gasteiger partial charge < -0.3 is 19.5 Å². The molecule has 3 aromatic rings. The van der Waals surface area contributed by atoms with Gasteiger partial charge in [0, 0.05) is 30.1 Å². The number of benzene rings is 2. The van der Waals surface area contributed by atoms with Gasteiger partial charge in [-0.1, -0.05) is 19.8 Å². The Balaban J connectivity index is 1.90. The van der Waals surface area contributed by atoms with Crippen LogP contribution >= 0.6 is 0 Å². The Kier molecular flexibility index (Phi) is 8.40. The van der Waals surface area contributed by atoms with E-state index in [0.717, 1.165) is 5.52 Å². The van der Waals surface area contributed by atoms with Crippen molar-refractivity contribution in [3.63, 3.8) is 0 Å². The summed E-state index contributed by atoms with van der Waals surface area (Å²) in [6.07, 6.45) is 1.59. The number of hydrogen-bond acceptors (Lipinski definition) is 5. The lowest BCUT2D eigenvalue weighted by Crippen LogP contribution is -2.42. The van der Waals surface area contributed by atoms with Crippen LogP contribution in [0.2, 0.25) is 0 Å². The number of ether oxygens (including phenoxy) is 1. The Hall–Kier alpha value is -3.81. The summed E-state index contributed by atoms with van der Waals surface area (Å²) in [5, 5.41) is 19.8. The zero-order chi connectivity index (χ0) is 26.5. The summed E-state index contributed by atoms with van der Waals surface area (Å²) in [5.74, 6) is 3.67. The molecule has 1 heterocycles. The lowest BCUT2D eigenvalue weighted by Gasteiger charge is -2.15. The fourth-order valence-electron chi connectivity index (χ4n) is 3.77. The molecule has 0 saturated carbocycles. The molecule has 1 atom stereocenters. The third-order valence-electron chi connectivity index (χ3n) is 5.41. The molecule has 190 valence electrons. The number of hydrogen-bond donors (Lipinski definition) is 3. The number of nitrogens with zero attached hydrogens (tertiary/aromatic N) is 1. The van der Waals surface area contributed by atoms with Crippen molar-refractivity contribution in [2.75, 3.05) is 6.61 Å². The molecule has 0 aliphatic rings. The Labute approximate surface area is 209 Å². The van der Waals surface area contributed by atoms with Gasteiger partial charge in [0.05, 0.1) is 10.5 Å². The molecule has 3 rings (SSSR count). The largest absolute Gasteiger partial charge is 0.481 e. The van der Waals surface area contributed by atoms with Crippen molar-refractivity contribution in [3.8, 4) is 17.6 Å². The lowest BCUT2D eigenvalue weighted by molar-refractivity contribution is -0.138. The number of sulfonamides is 1. The second-order valence-corrected chi connectivity index (χ2v) is 10.4. The van der Waals surface area contributed by atoms with Crippen molar-refractivity contribution in [2.45, 2.75) is 44.7 Å². The summed E-state index contributed by atoms with van der Waals surface area (Å²) >= 11 is 0. The Morgan fingerprint density at radius 3 is 2.39 bits per heavy atom. The first-order valence-corrected chi connectivity index (χ1v) is 12.7. The molecule has 2 aromatic carbocycles. The number of aromatic carboxylic acids is 1. The number of carboxylic acid groups (broad SMARTS) is 2. The van der Waals surface area contributed by atoms with Crippen molar-refractivity contribution in [1.29, 1.82) is 0 Å². The van der Waals surface area contributed by atoms with Crippen LogP contribution in [0.15, 0.2) is 53.6 Å². The van der Waals surface area contributed by atoms with Crippen LogP contribution in [0.25, 0.3) is 10.9 Å². The fourth-order valence-corrected chi connectivity index (χ4v) is 4.96. The van der Waals surface area contributed by atoms with Gasteiger partial charge in [0.1, 0.15) is 18.4 Å². The summed E-state index contributed by atoms with van der Waals surface area (Å²) in [5.41, 5.74) is 1.34. The second-order valence-electron chi connectivity index (χ2n) is 8.64. The van der Waals surface area contributed by atoms with E-state index in [9.17, 15) is 28.2 Å². The first kappa shape index (κ1) is 26.8. The Bertz CT molecular complexity index is 1430. The molecule has 0 spiro atoms. The number of carboxylic acids is 2. The minimum atomic E-state index is -4.17. The topological polar surface area (TPSA) is 135 Å². The molecule has 36 heavy (non-hydrogen) atoms. The monoisotopic (exact) mass is 512 g/mol. The molecular formula is C26H28N2O7S. The summed E-state index contributed by atoms with van der Waals surface area (Å²) < 4.78 is 35.5. The first-order valence-electron chi connectivity index (χ1n) is 11.2. The average Bonchev–Trinajstić information content (AvgIpc) is 3.14. The quantitative estimate of drug-likeness (QED) is 0.335. The smallest absolute Gasteiger partial charge is 0.335 e. The van der Waals surface area contributed by atoms with Crippen LogP contribution in [-0.4, -0.2) is 47.8 Å². The van der Waals surface area contributed by atoms with Crippen LogP contribution in [0.3, 0.4) is 0 Å². The molecule has 0 fully saturated rings. The number of carbonyl (C=O) groups is 2. The van der Waals surface area contributed by atoms with Crippen molar-refractivity contribution >= 4 is 32.9 Å². The van der Waals surface area contributed by atoms with Gasteiger partial charge in [-0.3, -0.25) is 4.79 Å². The Morgan fingerprint density at radius 1 is 1.11 bits per heavy atom. The molecule has 0 unspecified atom stereocenters. The van der Waals surface area contributed by atoms with Gasteiger partial charge in [0.15, 0.2) is 0 Å².